The first kappa shape index (κ1) is 25.7. The Morgan fingerprint density at radius 2 is 1.69 bits per heavy atom. The van der Waals surface area contributed by atoms with Gasteiger partial charge in [0.25, 0.3) is 0 Å². The number of rotatable bonds is 8. The van der Waals surface area contributed by atoms with Crippen LogP contribution in [0.5, 0.6) is 0 Å². The van der Waals surface area contributed by atoms with Crippen LogP contribution in [0.1, 0.15) is 57.2 Å². The topological polar surface area (TPSA) is 76.2 Å². The summed E-state index contributed by atoms with van der Waals surface area (Å²) in [4.78, 5) is 44.3. The Kier molecular flexibility index (Phi) is 8.25. The Morgan fingerprint density at radius 3 is 2.33 bits per heavy atom. The van der Waals surface area contributed by atoms with Crippen LogP contribution in [-0.4, -0.2) is 69.5 Å². The van der Waals surface area contributed by atoms with E-state index in [0.717, 1.165) is 24.0 Å². The fourth-order valence-electron chi connectivity index (χ4n) is 5.21. The van der Waals surface area contributed by atoms with Crippen LogP contribution in [0.15, 0.2) is 60.7 Å². The SMILES string of the molecule is CCCC[C@H]1C(=O)N([C@H](C)c2ccccc2)C[C@H]2N1C(=O)CN(CC)N2C(=O)NCc1ccccc1. The van der Waals surface area contributed by atoms with Crippen LogP contribution in [0.2, 0.25) is 0 Å². The fraction of sp³-hybridized carbons (Fsp3) is 0.464. The predicted octanol–water partition coefficient (Wildman–Crippen LogP) is 3.77. The average molecular weight is 492 g/mol. The van der Waals surface area contributed by atoms with Crippen LogP contribution in [0.4, 0.5) is 4.79 Å². The van der Waals surface area contributed by atoms with Gasteiger partial charge in [-0.2, -0.15) is 0 Å². The van der Waals surface area contributed by atoms with Gasteiger partial charge in [-0.3, -0.25) is 9.59 Å². The number of benzene rings is 2. The van der Waals surface area contributed by atoms with Gasteiger partial charge in [0, 0.05) is 13.1 Å². The van der Waals surface area contributed by atoms with Crippen molar-refractivity contribution in [2.45, 2.75) is 64.8 Å². The van der Waals surface area contributed by atoms with Crippen molar-refractivity contribution in [2.75, 3.05) is 19.6 Å². The Hall–Kier alpha value is -3.39. The maximum absolute atomic E-state index is 13.8. The lowest BCUT2D eigenvalue weighted by Gasteiger charge is -2.56. The van der Waals surface area contributed by atoms with Crippen molar-refractivity contribution in [3.8, 4) is 0 Å². The number of nitrogens with zero attached hydrogens (tertiary/aromatic N) is 4. The second kappa shape index (κ2) is 11.6. The van der Waals surface area contributed by atoms with Crippen molar-refractivity contribution >= 4 is 17.8 Å². The molecule has 4 amide bonds. The lowest BCUT2D eigenvalue weighted by molar-refractivity contribution is -0.192. The third-order valence-electron chi connectivity index (χ3n) is 7.22. The zero-order valence-electron chi connectivity index (χ0n) is 21.5. The lowest BCUT2D eigenvalue weighted by Crippen LogP contribution is -2.76. The second-order valence-electron chi connectivity index (χ2n) is 9.49. The number of piperazine rings is 1. The number of nitrogens with one attached hydrogen (secondary N) is 1. The van der Waals surface area contributed by atoms with Crippen LogP contribution >= 0.6 is 0 Å². The molecule has 0 spiro atoms. The van der Waals surface area contributed by atoms with Crippen molar-refractivity contribution in [1.29, 1.82) is 0 Å². The highest BCUT2D eigenvalue weighted by molar-refractivity contribution is 5.91. The van der Waals surface area contributed by atoms with E-state index in [1.807, 2.05) is 79.4 Å². The molecular formula is C28H37N5O3. The summed E-state index contributed by atoms with van der Waals surface area (Å²) >= 11 is 0. The highest BCUT2D eigenvalue weighted by Gasteiger charge is 2.51. The molecule has 8 heteroatoms. The molecule has 4 rings (SSSR count). The maximum atomic E-state index is 13.8. The van der Waals surface area contributed by atoms with Gasteiger partial charge in [-0.05, 0) is 24.5 Å². The number of likely N-dealkylation sites (N-methyl/N-ethyl adjacent to an activating group) is 1. The zero-order valence-corrected chi connectivity index (χ0v) is 21.5. The van der Waals surface area contributed by atoms with E-state index in [9.17, 15) is 14.4 Å². The molecule has 2 aliphatic heterocycles. The molecule has 0 bridgehead atoms. The van der Waals surface area contributed by atoms with Gasteiger partial charge in [0.05, 0.1) is 19.1 Å². The number of hydrogen-bond donors (Lipinski definition) is 1. The number of fused-ring (bicyclic) bond motifs is 1. The van der Waals surface area contributed by atoms with E-state index in [1.54, 1.807) is 14.9 Å². The monoisotopic (exact) mass is 491 g/mol. The highest BCUT2D eigenvalue weighted by Crippen LogP contribution is 2.33. The van der Waals surface area contributed by atoms with E-state index in [1.165, 1.54) is 0 Å². The minimum Gasteiger partial charge on any atom is -0.333 e. The predicted molar refractivity (Wildman–Crippen MR) is 138 cm³/mol. The molecule has 0 unspecified atom stereocenters. The summed E-state index contributed by atoms with van der Waals surface area (Å²) in [5, 5.41) is 6.49. The molecular weight excluding hydrogens is 454 g/mol. The third kappa shape index (κ3) is 5.23. The fourth-order valence-corrected chi connectivity index (χ4v) is 5.21. The Labute approximate surface area is 213 Å². The van der Waals surface area contributed by atoms with Gasteiger partial charge >= 0.3 is 6.03 Å². The third-order valence-corrected chi connectivity index (χ3v) is 7.22. The second-order valence-corrected chi connectivity index (χ2v) is 9.49. The van der Waals surface area contributed by atoms with E-state index in [4.69, 9.17) is 0 Å². The molecule has 192 valence electrons. The van der Waals surface area contributed by atoms with Gasteiger partial charge in [-0.15, -0.1) is 0 Å². The normalized spacial score (nSPS) is 21.4. The molecule has 8 nitrogen and oxygen atoms in total. The van der Waals surface area contributed by atoms with Crippen molar-refractivity contribution in [1.82, 2.24) is 25.1 Å². The number of unbranched alkanes of at least 4 members (excludes halogenated alkanes) is 1. The first-order valence-electron chi connectivity index (χ1n) is 13.0. The molecule has 2 aliphatic rings. The van der Waals surface area contributed by atoms with Crippen molar-refractivity contribution in [2.24, 2.45) is 0 Å². The maximum Gasteiger partial charge on any atom is 0.334 e. The average Bonchev–Trinajstić information content (AvgIpc) is 2.91. The van der Waals surface area contributed by atoms with Crippen molar-refractivity contribution in [3.63, 3.8) is 0 Å². The number of carbonyl (C=O) groups excluding carboxylic acids is 3. The van der Waals surface area contributed by atoms with Crippen LogP contribution in [0.3, 0.4) is 0 Å². The lowest BCUT2D eigenvalue weighted by atomic mass is 9.98. The number of hydrazine groups is 1. The summed E-state index contributed by atoms with van der Waals surface area (Å²) in [6.45, 7) is 7.27. The summed E-state index contributed by atoms with van der Waals surface area (Å²) in [5.74, 6) is -0.144. The highest BCUT2D eigenvalue weighted by atomic mass is 16.2. The van der Waals surface area contributed by atoms with E-state index in [0.29, 0.717) is 19.5 Å². The van der Waals surface area contributed by atoms with Gasteiger partial charge in [0.15, 0.2) is 0 Å². The number of urea groups is 1. The minimum absolute atomic E-state index is 0.0426. The van der Waals surface area contributed by atoms with Crippen molar-refractivity contribution in [3.05, 3.63) is 71.8 Å². The van der Waals surface area contributed by atoms with E-state index in [2.05, 4.69) is 12.2 Å². The van der Waals surface area contributed by atoms with Gasteiger partial charge in [-0.25, -0.2) is 14.8 Å². The van der Waals surface area contributed by atoms with Gasteiger partial charge < -0.3 is 15.1 Å². The van der Waals surface area contributed by atoms with E-state index in [-0.39, 0.29) is 37.0 Å². The number of hydrogen-bond acceptors (Lipinski definition) is 4. The van der Waals surface area contributed by atoms with Gasteiger partial charge in [0.2, 0.25) is 11.8 Å². The number of carbonyl (C=O) groups is 3. The van der Waals surface area contributed by atoms with Gasteiger partial charge in [-0.1, -0.05) is 87.4 Å². The van der Waals surface area contributed by atoms with Crippen LogP contribution in [0, 0.1) is 0 Å². The Morgan fingerprint density at radius 1 is 1.03 bits per heavy atom. The largest absolute Gasteiger partial charge is 0.334 e. The zero-order chi connectivity index (χ0) is 25.7. The van der Waals surface area contributed by atoms with E-state index < -0.39 is 12.2 Å². The van der Waals surface area contributed by atoms with Crippen LogP contribution < -0.4 is 5.32 Å². The molecule has 36 heavy (non-hydrogen) atoms. The minimum atomic E-state index is -0.578. The summed E-state index contributed by atoms with van der Waals surface area (Å²) in [7, 11) is 0. The molecule has 2 heterocycles. The Bertz CT molecular complexity index is 1050. The van der Waals surface area contributed by atoms with Crippen LogP contribution in [-0.2, 0) is 16.1 Å². The Balaban J connectivity index is 1.65. The molecule has 2 aromatic rings. The molecule has 0 aromatic heterocycles. The standard InChI is InChI=1S/C28H37N5O3/c1-4-6-17-24-27(35)31(21(3)23-15-11-8-12-16-23)19-25-32(24)26(34)20-30(5-2)33(25)28(36)29-18-22-13-9-7-10-14-22/h7-16,21,24-25H,4-6,17-20H2,1-3H3,(H,29,36)/t21-,24+,25+/m1/s1. The van der Waals surface area contributed by atoms with Gasteiger partial charge in [0.1, 0.15) is 12.2 Å². The molecule has 2 saturated heterocycles. The smallest absolute Gasteiger partial charge is 0.333 e. The molecule has 2 aromatic carbocycles. The van der Waals surface area contributed by atoms with Crippen LogP contribution in [0.25, 0.3) is 0 Å². The first-order chi connectivity index (χ1) is 17.5. The summed E-state index contributed by atoms with van der Waals surface area (Å²) in [5.41, 5.74) is 2.03. The quantitative estimate of drug-likeness (QED) is 0.610. The first-order valence-corrected chi connectivity index (χ1v) is 13.0. The molecule has 1 N–H and O–H groups in total. The molecule has 0 saturated carbocycles. The summed E-state index contributed by atoms with van der Waals surface area (Å²) in [6, 6.07) is 18.6. The molecule has 0 aliphatic carbocycles. The summed E-state index contributed by atoms with van der Waals surface area (Å²) in [6.07, 6.45) is 1.78. The van der Waals surface area contributed by atoms with E-state index >= 15 is 0 Å². The van der Waals surface area contributed by atoms with Crippen molar-refractivity contribution < 1.29 is 14.4 Å². The summed E-state index contributed by atoms with van der Waals surface area (Å²) < 4.78 is 0. The molecule has 3 atom stereocenters. The molecule has 2 fully saturated rings. The molecule has 0 radical (unpaired) electrons. The number of amides is 4.